The van der Waals surface area contributed by atoms with Crippen LogP contribution in [0.4, 0.5) is 0 Å². The van der Waals surface area contributed by atoms with Gasteiger partial charge in [-0.3, -0.25) is 0 Å². The molecule has 0 aromatic rings. The van der Waals surface area contributed by atoms with Gasteiger partial charge in [0.05, 0.1) is 12.7 Å². The molecule has 10 heavy (non-hydrogen) atoms. The fourth-order valence-electron chi connectivity index (χ4n) is 0.953. The second-order valence-corrected chi connectivity index (χ2v) is 2.59. The van der Waals surface area contributed by atoms with Crippen LogP contribution in [-0.4, -0.2) is 46.3 Å². The highest BCUT2D eigenvalue weighted by molar-refractivity contribution is 4.83. The molecular formula is C6H12O4. The van der Waals surface area contributed by atoms with Crippen molar-refractivity contribution in [3.63, 3.8) is 0 Å². The number of hydrogen-bond acceptors (Lipinski definition) is 4. The molecule has 1 fully saturated rings. The summed E-state index contributed by atoms with van der Waals surface area (Å²) < 4.78 is 4.91. The van der Waals surface area contributed by atoms with E-state index in [1.165, 1.54) is 0 Å². The monoisotopic (exact) mass is 148 g/mol. The van der Waals surface area contributed by atoms with Gasteiger partial charge in [-0.1, -0.05) is 0 Å². The van der Waals surface area contributed by atoms with Crippen LogP contribution >= 0.6 is 0 Å². The highest BCUT2D eigenvalue weighted by Gasteiger charge is 2.34. The van der Waals surface area contributed by atoms with Crippen LogP contribution < -0.4 is 0 Å². The molecule has 0 bridgehead atoms. The minimum atomic E-state index is -1.07. The lowest BCUT2D eigenvalue weighted by atomic mass is 10.0. The van der Waals surface area contributed by atoms with Crippen molar-refractivity contribution >= 4 is 0 Å². The van der Waals surface area contributed by atoms with Gasteiger partial charge in [-0.05, 0) is 6.92 Å². The number of ether oxygens (including phenoxy) is 1. The minimum Gasteiger partial charge on any atom is -0.388 e. The van der Waals surface area contributed by atoms with Crippen LogP contribution in [0.25, 0.3) is 0 Å². The van der Waals surface area contributed by atoms with Crippen molar-refractivity contribution < 1.29 is 20.1 Å². The molecular weight excluding hydrogens is 136 g/mol. The summed E-state index contributed by atoms with van der Waals surface area (Å²) in [5, 5.41) is 27.0. The lowest BCUT2D eigenvalue weighted by Crippen LogP contribution is -2.51. The highest BCUT2D eigenvalue weighted by atomic mass is 16.5. The summed E-state index contributed by atoms with van der Waals surface area (Å²) >= 11 is 0. The van der Waals surface area contributed by atoms with Crippen LogP contribution in [0.1, 0.15) is 6.92 Å². The van der Waals surface area contributed by atoms with E-state index in [1.54, 1.807) is 6.92 Å². The van der Waals surface area contributed by atoms with Crippen molar-refractivity contribution in [1.29, 1.82) is 0 Å². The fourth-order valence-corrected chi connectivity index (χ4v) is 0.953. The Morgan fingerprint density at radius 1 is 1.20 bits per heavy atom. The van der Waals surface area contributed by atoms with E-state index in [0.717, 1.165) is 0 Å². The molecule has 1 aliphatic rings. The fraction of sp³-hybridized carbons (Fsp3) is 1.00. The Bertz CT molecular complexity index is 102. The van der Waals surface area contributed by atoms with Crippen LogP contribution in [0.15, 0.2) is 0 Å². The van der Waals surface area contributed by atoms with Gasteiger partial charge in [0.25, 0.3) is 0 Å². The van der Waals surface area contributed by atoms with Gasteiger partial charge in [-0.2, -0.15) is 0 Å². The van der Waals surface area contributed by atoms with Crippen molar-refractivity contribution in [3.8, 4) is 0 Å². The molecule has 1 heterocycles. The van der Waals surface area contributed by atoms with Crippen LogP contribution in [0.5, 0.6) is 0 Å². The molecule has 4 nitrogen and oxygen atoms in total. The number of rotatable bonds is 0. The van der Waals surface area contributed by atoms with Crippen molar-refractivity contribution in [3.05, 3.63) is 0 Å². The predicted octanol–water partition coefficient (Wildman–Crippen LogP) is -1.51. The molecule has 0 aliphatic carbocycles. The Labute approximate surface area is 59.1 Å². The molecule has 3 N–H and O–H groups in total. The quantitative estimate of drug-likeness (QED) is 0.390. The zero-order valence-electron chi connectivity index (χ0n) is 5.77. The van der Waals surface area contributed by atoms with Crippen molar-refractivity contribution in [1.82, 2.24) is 0 Å². The summed E-state index contributed by atoms with van der Waals surface area (Å²) in [6.07, 6.45) is -3.38. The average Bonchev–Trinajstić information content (AvgIpc) is 1.93. The third kappa shape index (κ3) is 1.29. The number of aliphatic hydroxyl groups is 3. The first-order valence-electron chi connectivity index (χ1n) is 3.28. The van der Waals surface area contributed by atoms with E-state index >= 15 is 0 Å². The van der Waals surface area contributed by atoms with Crippen molar-refractivity contribution in [2.24, 2.45) is 0 Å². The van der Waals surface area contributed by atoms with Gasteiger partial charge in [0, 0.05) is 0 Å². The molecule has 1 saturated heterocycles. The van der Waals surface area contributed by atoms with Crippen molar-refractivity contribution in [2.45, 2.75) is 31.3 Å². The lowest BCUT2D eigenvalue weighted by molar-refractivity contribution is -0.181. The standard InChI is InChI=1S/C6H12O4/c1-3-5(8)6(9)4(7)2-10-3/h3-9H,2H2,1H3/t3-,4-,5-,6+/m1/s1. The van der Waals surface area contributed by atoms with Gasteiger partial charge in [0.15, 0.2) is 0 Å². The van der Waals surface area contributed by atoms with Gasteiger partial charge in [0.1, 0.15) is 18.3 Å². The van der Waals surface area contributed by atoms with Gasteiger partial charge < -0.3 is 20.1 Å². The summed E-state index contributed by atoms with van der Waals surface area (Å²) in [5.74, 6) is 0. The lowest BCUT2D eigenvalue weighted by Gasteiger charge is -2.33. The zero-order valence-corrected chi connectivity index (χ0v) is 5.77. The van der Waals surface area contributed by atoms with E-state index in [4.69, 9.17) is 20.1 Å². The van der Waals surface area contributed by atoms with E-state index in [-0.39, 0.29) is 6.61 Å². The Morgan fingerprint density at radius 2 is 1.80 bits per heavy atom. The van der Waals surface area contributed by atoms with E-state index in [2.05, 4.69) is 0 Å². The Hall–Kier alpha value is -0.160. The summed E-state index contributed by atoms with van der Waals surface area (Å²) in [4.78, 5) is 0. The molecule has 4 atom stereocenters. The summed E-state index contributed by atoms with van der Waals surface area (Å²) in [7, 11) is 0. The molecule has 0 unspecified atom stereocenters. The minimum absolute atomic E-state index is 0.0966. The second-order valence-electron chi connectivity index (χ2n) is 2.59. The molecule has 0 aromatic carbocycles. The van der Waals surface area contributed by atoms with E-state index in [9.17, 15) is 0 Å². The van der Waals surface area contributed by atoms with E-state index in [0.29, 0.717) is 0 Å². The average molecular weight is 148 g/mol. The maximum absolute atomic E-state index is 9.08. The zero-order chi connectivity index (χ0) is 7.72. The maximum atomic E-state index is 9.08. The second kappa shape index (κ2) is 2.84. The predicted molar refractivity (Wildman–Crippen MR) is 33.4 cm³/mol. The van der Waals surface area contributed by atoms with Gasteiger partial charge in [-0.15, -0.1) is 0 Å². The first-order chi connectivity index (χ1) is 4.63. The van der Waals surface area contributed by atoms with Crippen LogP contribution in [0.3, 0.4) is 0 Å². The van der Waals surface area contributed by atoms with E-state index in [1.807, 2.05) is 0 Å². The van der Waals surface area contributed by atoms with Crippen LogP contribution in [0, 0.1) is 0 Å². The topological polar surface area (TPSA) is 69.9 Å². The molecule has 0 spiro atoms. The Kier molecular flexibility index (Phi) is 2.25. The van der Waals surface area contributed by atoms with Gasteiger partial charge >= 0.3 is 0 Å². The summed E-state index contributed by atoms with van der Waals surface area (Å²) in [6.45, 7) is 1.75. The normalized spacial score (nSPS) is 49.2. The molecule has 0 amide bonds. The molecule has 0 radical (unpaired) electrons. The summed E-state index contributed by atoms with van der Waals surface area (Å²) in [6, 6.07) is 0. The van der Waals surface area contributed by atoms with Gasteiger partial charge in [0.2, 0.25) is 0 Å². The number of aliphatic hydroxyl groups excluding tert-OH is 3. The number of hydrogen-bond donors (Lipinski definition) is 3. The third-order valence-corrected chi connectivity index (χ3v) is 1.75. The highest BCUT2D eigenvalue weighted by Crippen LogP contribution is 2.14. The summed E-state index contributed by atoms with van der Waals surface area (Å²) in [5.41, 5.74) is 0. The smallest absolute Gasteiger partial charge is 0.110 e. The molecule has 0 aromatic heterocycles. The molecule has 4 heteroatoms. The van der Waals surface area contributed by atoms with E-state index < -0.39 is 24.4 Å². The first kappa shape index (κ1) is 7.94. The molecule has 60 valence electrons. The third-order valence-electron chi connectivity index (χ3n) is 1.75. The Balaban J connectivity index is 2.52. The molecule has 1 aliphatic heterocycles. The molecule has 0 saturated carbocycles. The van der Waals surface area contributed by atoms with Gasteiger partial charge in [-0.25, -0.2) is 0 Å². The van der Waals surface area contributed by atoms with Crippen molar-refractivity contribution in [2.75, 3.05) is 6.61 Å². The van der Waals surface area contributed by atoms with Crippen LogP contribution in [0.2, 0.25) is 0 Å². The SMILES string of the molecule is C[C@H]1OC[C@@H](O)[C@H](O)[C@@H]1O. The largest absolute Gasteiger partial charge is 0.388 e. The maximum Gasteiger partial charge on any atom is 0.110 e. The Morgan fingerprint density at radius 3 is 2.30 bits per heavy atom. The van der Waals surface area contributed by atoms with Crippen LogP contribution in [-0.2, 0) is 4.74 Å². The molecule has 1 rings (SSSR count). The first-order valence-corrected chi connectivity index (χ1v) is 3.28.